The summed E-state index contributed by atoms with van der Waals surface area (Å²) in [5.41, 5.74) is 0. The van der Waals surface area contributed by atoms with Crippen LogP contribution < -0.4 is 10.6 Å². The normalized spacial score (nSPS) is 14.4. The molecule has 108 valence electrons. The zero-order valence-corrected chi connectivity index (χ0v) is 13.2. The van der Waals surface area contributed by atoms with Crippen molar-refractivity contribution in [2.24, 2.45) is 5.92 Å². The van der Waals surface area contributed by atoms with Crippen LogP contribution in [0, 0.1) is 5.92 Å². The van der Waals surface area contributed by atoms with Crippen molar-refractivity contribution in [3.63, 3.8) is 0 Å². The van der Waals surface area contributed by atoms with Crippen LogP contribution in [0.2, 0.25) is 0 Å². The first kappa shape index (κ1) is 16.2. The third-order valence-corrected chi connectivity index (χ3v) is 4.08. The highest BCUT2D eigenvalue weighted by atomic mass is 32.1. The van der Waals surface area contributed by atoms with E-state index in [0.717, 1.165) is 12.8 Å². The van der Waals surface area contributed by atoms with Crippen LogP contribution in [0.4, 0.5) is 0 Å². The molecule has 4 heteroatoms. The third-order valence-electron chi connectivity index (χ3n) is 3.13. The topological polar surface area (TPSA) is 41.1 Å². The summed E-state index contributed by atoms with van der Waals surface area (Å²) in [5, 5.41) is 8.47. The highest BCUT2D eigenvalue weighted by molar-refractivity contribution is 7.10. The van der Waals surface area contributed by atoms with Crippen LogP contribution >= 0.6 is 11.3 Å². The van der Waals surface area contributed by atoms with Crippen molar-refractivity contribution in [2.45, 2.75) is 52.6 Å². The van der Waals surface area contributed by atoms with Crippen LogP contribution in [-0.4, -0.2) is 18.5 Å². The fourth-order valence-corrected chi connectivity index (χ4v) is 3.14. The average Bonchev–Trinajstić information content (AvgIpc) is 2.82. The number of hydrogen-bond acceptors (Lipinski definition) is 3. The molecule has 2 unspecified atom stereocenters. The largest absolute Gasteiger partial charge is 0.353 e. The summed E-state index contributed by atoms with van der Waals surface area (Å²) < 4.78 is 0. The molecular weight excluding hydrogens is 256 g/mol. The van der Waals surface area contributed by atoms with E-state index in [2.05, 4.69) is 55.8 Å². The maximum Gasteiger partial charge on any atom is 0.234 e. The molecule has 19 heavy (non-hydrogen) atoms. The molecule has 0 fully saturated rings. The van der Waals surface area contributed by atoms with Gasteiger partial charge in [0.05, 0.1) is 6.54 Å². The lowest BCUT2D eigenvalue weighted by Crippen LogP contribution is -2.40. The van der Waals surface area contributed by atoms with E-state index in [4.69, 9.17) is 0 Å². The fraction of sp³-hybridized carbons (Fsp3) is 0.667. The van der Waals surface area contributed by atoms with Crippen molar-refractivity contribution >= 4 is 17.2 Å². The molecule has 1 heterocycles. The molecule has 0 aliphatic rings. The van der Waals surface area contributed by atoms with Crippen LogP contribution in [-0.2, 0) is 4.79 Å². The first-order valence-corrected chi connectivity index (χ1v) is 7.98. The summed E-state index contributed by atoms with van der Waals surface area (Å²) >= 11 is 1.74. The second kappa shape index (κ2) is 8.33. The smallest absolute Gasteiger partial charge is 0.234 e. The molecule has 2 atom stereocenters. The van der Waals surface area contributed by atoms with E-state index in [9.17, 15) is 4.79 Å². The molecule has 2 N–H and O–H groups in total. The molecule has 0 radical (unpaired) electrons. The molecule has 0 aromatic carbocycles. The number of thiophene rings is 1. The molecule has 1 rings (SSSR count). The van der Waals surface area contributed by atoms with Gasteiger partial charge < -0.3 is 10.6 Å². The quantitative estimate of drug-likeness (QED) is 0.768. The second-order valence-corrected chi connectivity index (χ2v) is 6.35. The van der Waals surface area contributed by atoms with Crippen molar-refractivity contribution in [3.05, 3.63) is 22.4 Å². The van der Waals surface area contributed by atoms with E-state index in [1.54, 1.807) is 11.3 Å². The predicted molar refractivity (Wildman–Crippen MR) is 82.4 cm³/mol. The maximum absolute atomic E-state index is 11.9. The van der Waals surface area contributed by atoms with Crippen LogP contribution in [0.1, 0.15) is 51.5 Å². The Morgan fingerprint density at radius 3 is 2.63 bits per heavy atom. The lowest BCUT2D eigenvalue weighted by Gasteiger charge is -2.21. The van der Waals surface area contributed by atoms with Gasteiger partial charge in [-0.3, -0.25) is 4.79 Å². The predicted octanol–water partition coefficient (Wildman–Crippen LogP) is 3.34. The van der Waals surface area contributed by atoms with Crippen molar-refractivity contribution < 1.29 is 4.79 Å². The molecule has 1 aromatic rings. The van der Waals surface area contributed by atoms with Crippen molar-refractivity contribution in [1.29, 1.82) is 0 Å². The Morgan fingerprint density at radius 2 is 2.11 bits per heavy atom. The van der Waals surface area contributed by atoms with Gasteiger partial charge >= 0.3 is 0 Å². The fourth-order valence-electron chi connectivity index (χ4n) is 2.17. The highest BCUT2D eigenvalue weighted by Gasteiger charge is 2.17. The molecule has 0 aliphatic heterocycles. The van der Waals surface area contributed by atoms with Gasteiger partial charge in [-0.15, -0.1) is 11.3 Å². The molecular formula is C15H26N2OS. The van der Waals surface area contributed by atoms with Gasteiger partial charge in [0.2, 0.25) is 5.91 Å². The first-order valence-electron chi connectivity index (χ1n) is 7.10. The Labute approximate surface area is 120 Å². The Bertz CT molecular complexity index is 362. The molecule has 1 aromatic heterocycles. The van der Waals surface area contributed by atoms with Gasteiger partial charge in [-0.05, 0) is 30.7 Å². The van der Waals surface area contributed by atoms with Gasteiger partial charge in [0.1, 0.15) is 0 Å². The Balaban J connectivity index is 2.42. The second-order valence-electron chi connectivity index (χ2n) is 5.38. The van der Waals surface area contributed by atoms with Crippen LogP contribution in [0.5, 0.6) is 0 Å². The van der Waals surface area contributed by atoms with Crippen LogP contribution in [0.25, 0.3) is 0 Å². The average molecular weight is 282 g/mol. The van der Waals surface area contributed by atoms with Gasteiger partial charge in [0.15, 0.2) is 0 Å². The number of hydrogen-bond donors (Lipinski definition) is 2. The minimum absolute atomic E-state index is 0.0863. The first-order chi connectivity index (χ1) is 9.04. The Morgan fingerprint density at radius 1 is 1.37 bits per heavy atom. The molecule has 1 amide bonds. The van der Waals surface area contributed by atoms with Gasteiger partial charge in [0.25, 0.3) is 0 Å². The van der Waals surface area contributed by atoms with Crippen molar-refractivity contribution in [1.82, 2.24) is 10.6 Å². The van der Waals surface area contributed by atoms with Crippen LogP contribution in [0.3, 0.4) is 0 Å². The summed E-state index contributed by atoms with van der Waals surface area (Å²) in [6.45, 7) is 8.92. The third kappa shape index (κ3) is 5.74. The summed E-state index contributed by atoms with van der Waals surface area (Å²) in [6.07, 6.45) is 2.13. The lowest BCUT2D eigenvalue weighted by atomic mass is 10.0. The maximum atomic E-state index is 11.9. The molecule has 0 saturated heterocycles. The van der Waals surface area contributed by atoms with Gasteiger partial charge in [0, 0.05) is 17.0 Å². The van der Waals surface area contributed by atoms with Gasteiger partial charge in [-0.25, -0.2) is 0 Å². The minimum atomic E-state index is 0.0863. The zero-order valence-electron chi connectivity index (χ0n) is 12.4. The number of carbonyl (C=O) groups excluding carboxylic acids is 1. The summed E-state index contributed by atoms with van der Waals surface area (Å²) in [7, 11) is 0. The molecule has 3 nitrogen and oxygen atoms in total. The molecule has 0 bridgehead atoms. The van der Waals surface area contributed by atoms with E-state index >= 15 is 0 Å². The van der Waals surface area contributed by atoms with E-state index in [0.29, 0.717) is 12.5 Å². The molecule has 0 saturated carbocycles. The van der Waals surface area contributed by atoms with E-state index in [-0.39, 0.29) is 18.0 Å². The monoisotopic (exact) mass is 282 g/mol. The number of nitrogens with one attached hydrogen (secondary N) is 2. The number of rotatable bonds is 8. The standard InChI is InChI=1S/C15H26N2OS/c1-5-7-12(4)17-14(18)10-16-15(11(2)3)13-8-6-9-19-13/h6,8-9,11-12,15-16H,5,7,10H2,1-4H3,(H,17,18). The molecule has 0 spiro atoms. The Hall–Kier alpha value is -0.870. The van der Waals surface area contributed by atoms with E-state index < -0.39 is 0 Å². The summed E-state index contributed by atoms with van der Waals surface area (Å²) in [5.74, 6) is 0.558. The van der Waals surface area contributed by atoms with Crippen LogP contribution in [0.15, 0.2) is 17.5 Å². The number of carbonyl (C=O) groups is 1. The minimum Gasteiger partial charge on any atom is -0.353 e. The van der Waals surface area contributed by atoms with Gasteiger partial charge in [-0.2, -0.15) is 0 Å². The van der Waals surface area contributed by atoms with E-state index in [1.807, 2.05) is 0 Å². The van der Waals surface area contributed by atoms with Crippen molar-refractivity contribution in [2.75, 3.05) is 6.54 Å². The SMILES string of the molecule is CCCC(C)NC(=O)CNC(c1cccs1)C(C)C. The number of amides is 1. The van der Waals surface area contributed by atoms with E-state index in [1.165, 1.54) is 4.88 Å². The van der Waals surface area contributed by atoms with Crippen molar-refractivity contribution in [3.8, 4) is 0 Å². The Kier molecular flexibility index (Phi) is 7.10. The van der Waals surface area contributed by atoms with Gasteiger partial charge in [-0.1, -0.05) is 33.3 Å². The summed E-state index contributed by atoms with van der Waals surface area (Å²) in [6, 6.07) is 4.70. The highest BCUT2D eigenvalue weighted by Crippen LogP contribution is 2.25. The molecule has 0 aliphatic carbocycles. The summed E-state index contributed by atoms with van der Waals surface area (Å²) in [4.78, 5) is 13.2. The zero-order chi connectivity index (χ0) is 14.3. The lowest BCUT2D eigenvalue weighted by molar-refractivity contribution is -0.121.